The van der Waals surface area contributed by atoms with E-state index >= 15 is 0 Å². The lowest BCUT2D eigenvalue weighted by Crippen LogP contribution is -2.01. The van der Waals surface area contributed by atoms with Gasteiger partial charge in [0.2, 0.25) is 11.8 Å². The summed E-state index contributed by atoms with van der Waals surface area (Å²) in [5, 5.41) is 3.24. The van der Waals surface area contributed by atoms with E-state index in [1.54, 1.807) is 13.3 Å². The summed E-state index contributed by atoms with van der Waals surface area (Å²) in [5.41, 5.74) is 3.05. The Balaban J connectivity index is 1.70. The molecular weight excluding hydrogens is 240 g/mol. The van der Waals surface area contributed by atoms with Crippen LogP contribution in [0.15, 0.2) is 42.6 Å². The number of methoxy groups -OCH3 is 1. The number of imidazole rings is 1. The van der Waals surface area contributed by atoms with Crippen LogP contribution < -0.4 is 10.1 Å². The third kappa shape index (κ3) is 2.49. The summed E-state index contributed by atoms with van der Waals surface area (Å²) in [6, 6.07) is 11.8. The molecule has 0 aliphatic carbocycles. The highest BCUT2D eigenvalue weighted by Gasteiger charge is 2.01. The fourth-order valence-corrected chi connectivity index (χ4v) is 1.86. The predicted octanol–water partition coefficient (Wildman–Crippen LogP) is 2.58. The molecule has 96 valence electrons. The Morgan fingerprint density at radius 2 is 2.11 bits per heavy atom. The quantitative estimate of drug-likeness (QED) is 0.751. The maximum absolute atomic E-state index is 5.02. The van der Waals surface area contributed by atoms with Gasteiger partial charge in [-0.15, -0.1) is 0 Å². The number of anilines is 1. The molecule has 5 nitrogen and oxygen atoms in total. The number of nitrogens with zero attached hydrogens (tertiary/aromatic N) is 2. The number of benzene rings is 1. The van der Waals surface area contributed by atoms with Gasteiger partial charge in [0.25, 0.3) is 0 Å². The van der Waals surface area contributed by atoms with Gasteiger partial charge in [-0.2, -0.15) is 0 Å². The van der Waals surface area contributed by atoms with Gasteiger partial charge < -0.3 is 15.0 Å². The Morgan fingerprint density at radius 3 is 2.84 bits per heavy atom. The highest BCUT2D eigenvalue weighted by atomic mass is 16.5. The molecule has 0 saturated carbocycles. The maximum Gasteiger partial charge on any atom is 0.212 e. The van der Waals surface area contributed by atoms with Crippen molar-refractivity contribution in [2.75, 3.05) is 12.4 Å². The van der Waals surface area contributed by atoms with Crippen molar-refractivity contribution >= 4 is 17.0 Å². The minimum Gasteiger partial charge on any atom is -0.481 e. The molecule has 0 spiro atoms. The zero-order valence-corrected chi connectivity index (χ0v) is 10.6. The predicted molar refractivity (Wildman–Crippen MR) is 74.2 cm³/mol. The molecule has 19 heavy (non-hydrogen) atoms. The van der Waals surface area contributed by atoms with Crippen LogP contribution in [0.25, 0.3) is 11.0 Å². The van der Waals surface area contributed by atoms with Crippen LogP contribution in [0.2, 0.25) is 0 Å². The van der Waals surface area contributed by atoms with E-state index in [9.17, 15) is 0 Å². The van der Waals surface area contributed by atoms with E-state index in [1.165, 1.54) is 0 Å². The van der Waals surface area contributed by atoms with E-state index in [-0.39, 0.29) is 0 Å². The number of aromatic nitrogens is 3. The number of rotatable bonds is 4. The lowest BCUT2D eigenvalue weighted by molar-refractivity contribution is 0.397. The van der Waals surface area contributed by atoms with Crippen LogP contribution in [0.4, 0.5) is 5.95 Å². The molecule has 0 amide bonds. The summed E-state index contributed by atoms with van der Waals surface area (Å²) in [5.74, 6) is 1.38. The Kier molecular flexibility index (Phi) is 3.02. The standard InChI is InChI=1S/C14H14N4O/c1-19-13-7-6-10(8-15-13)9-16-14-17-11-4-2-3-5-12(11)18-14/h2-8H,9H2,1H3,(H2,16,17,18). The number of fused-ring (bicyclic) bond motifs is 1. The highest BCUT2D eigenvalue weighted by molar-refractivity contribution is 5.77. The third-order valence-corrected chi connectivity index (χ3v) is 2.86. The smallest absolute Gasteiger partial charge is 0.212 e. The van der Waals surface area contributed by atoms with Crippen molar-refractivity contribution in [2.45, 2.75) is 6.54 Å². The van der Waals surface area contributed by atoms with Crippen LogP contribution in [0, 0.1) is 0 Å². The number of H-pyrrole nitrogens is 1. The van der Waals surface area contributed by atoms with Crippen molar-refractivity contribution in [3.05, 3.63) is 48.2 Å². The van der Waals surface area contributed by atoms with Crippen molar-refractivity contribution in [3.63, 3.8) is 0 Å². The van der Waals surface area contributed by atoms with Gasteiger partial charge in [-0.3, -0.25) is 0 Å². The SMILES string of the molecule is COc1ccc(CNc2nc3ccccc3[nH]2)cn1. The number of hydrogen-bond acceptors (Lipinski definition) is 4. The zero-order valence-electron chi connectivity index (χ0n) is 10.6. The second kappa shape index (κ2) is 4.97. The molecule has 2 heterocycles. The number of aromatic amines is 1. The molecule has 2 aromatic heterocycles. The van der Waals surface area contributed by atoms with Gasteiger partial charge in [0.05, 0.1) is 18.1 Å². The molecular formula is C14H14N4O. The number of pyridine rings is 1. The van der Waals surface area contributed by atoms with Crippen molar-refractivity contribution in [1.29, 1.82) is 0 Å². The minimum absolute atomic E-state index is 0.618. The Bertz CT molecular complexity index is 642. The van der Waals surface area contributed by atoms with Gasteiger partial charge in [-0.25, -0.2) is 9.97 Å². The second-order valence-electron chi connectivity index (χ2n) is 4.16. The molecule has 0 unspecified atom stereocenters. The third-order valence-electron chi connectivity index (χ3n) is 2.86. The van der Waals surface area contributed by atoms with Crippen LogP contribution in [-0.2, 0) is 6.54 Å². The topological polar surface area (TPSA) is 62.8 Å². The summed E-state index contributed by atoms with van der Waals surface area (Å²) in [7, 11) is 1.61. The molecule has 0 atom stereocenters. The number of hydrogen-bond donors (Lipinski definition) is 2. The maximum atomic E-state index is 5.02. The molecule has 0 aliphatic rings. The van der Waals surface area contributed by atoms with E-state index in [4.69, 9.17) is 4.74 Å². The van der Waals surface area contributed by atoms with Crippen molar-refractivity contribution < 1.29 is 4.74 Å². The summed E-state index contributed by atoms with van der Waals surface area (Å²) < 4.78 is 5.02. The fraction of sp³-hybridized carbons (Fsp3) is 0.143. The zero-order chi connectivity index (χ0) is 13.1. The van der Waals surface area contributed by atoms with Crippen LogP contribution in [0.5, 0.6) is 5.88 Å². The molecule has 0 aliphatic heterocycles. The van der Waals surface area contributed by atoms with Crippen LogP contribution in [0.1, 0.15) is 5.56 Å². The summed E-state index contributed by atoms with van der Waals surface area (Å²) in [6.07, 6.45) is 1.79. The molecule has 0 radical (unpaired) electrons. The monoisotopic (exact) mass is 254 g/mol. The molecule has 0 fully saturated rings. The van der Waals surface area contributed by atoms with E-state index in [1.807, 2.05) is 36.4 Å². The van der Waals surface area contributed by atoms with Crippen LogP contribution >= 0.6 is 0 Å². The van der Waals surface area contributed by atoms with E-state index < -0.39 is 0 Å². The van der Waals surface area contributed by atoms with Crippen LogP contribution in [-0.4, -0.2) is 22.1 Å². The Morgan fingerprint density at radius 1 is 1.21 bits per heavy atom. The normalized spacial score (nSPS) is 10.6. The average Bonchev–Trinajstić information content (AvgIpc) is 2.88. The molecule has 1 aromatic carbocycles. The van der Waals surface area contributed by atoms with Gasteiger partial charge in [0.1, 0.15) is 0 Å². The van der Waals surface area contributed by atoms with Gasteiger partial charge in [0, 0.05) is 18.8 Å². The number of para-hydroxylation sites is 2. The lowest BCUT2D eigenvalue weighted by Gasteiger charge is -2.03. The van der Waals surface area contributed by atoms with E-state index in [0.29, 0.717) is 12.4 Å². The largest absolute Gasteiger partial charge is 0.481 e. The fourth-order valence-electron chi connectivity index (χ4n) is 1.86. The van der Waals surface area contributed by atoms with Gasteiger partial charge in [-0.1, -0.05) is 18.2 Å². The molecule has 5 heteroatoms. The van der Waals surface area contributed by atoms with Crippen molar-refractivity contribution in [2.24, 2.45) is 0 Å². The lowest BCUT2D eigenvalue weighted by atomic mass is 10.3. The van der Waals surface area contributed by atoms with Crippen molar-refractivity contribution in [1.82, 2.24) is 15.0 Å². The average molecular weight is 254 g/mol. The Labute approximate surface area is 110 Å². The first-order chi connectivity index (χ1) is 9.35. The summed E-state index contributed by atoms with van der Waals surface area (Å²) in [6.45, 7) is 0.664. The second-order valence-corrected chi connectivity index (χ2v) is 4.16. The first-order valence-electron chi connectivity index (χ1n) is 6.03. The number of nitrogens with one attached hydrogen (secondary N) is 2. The van der Waals surface area contributed by atoms with Gasteiger partial charge >= 0.3 is 0 Å². The molecule has 2 N–H and O–H groups in total. The van der Waals surface area contributed by atoms with E-state index in [0.717, 1.165) is 22.5 Å². The van der Waals surface area contributed by atoms with Gasteiger partial charge in [0.15, 0.2) is 0 Å². The van der Waals surface area contributed by atoms with Gasteiger partial charge in [-0.05, 0) is 17.7 Å². The molecule has 0 saturated heterocycles. The molecule has 0 bridgehead atoms. The number of ether oxygens (including phenoxy) is 1. The van der Waals surface area contributed by atoms with E-state index in [2.05, 4.69) is 20.3 Å². The first kappa shape index (κ1) is 11.5. The minimum atomic E-state index is 0.618. The Hall–Kier alpha value is -2.56. The first-order valence-corrected chi connectivity index (χ1v) is 6.03. The van der Waals surface area contributed by atoms with Crippen LogP contribution in [0.3, 0.4) is 0 Å². The highest BCUT2D eigenvalue weighted by Crippen LogP contribution is 2.14. The summed E-state index contributed by atoms with van der Waals surface area (Å²) in [4.78, 5) is 11.8. The summed E-state index contributed by atoms with van der Waals surface area (Å²) >= 11 is 0. The molecule has 3 aromatic rings. The molecule has 3 rings (SSSR count). The van der Waals surface area contributed by atoms with Crippen molar-refractivity contribution in [3.8, 4) is 5.88 Å².